The molecule has 0 spiro atoms. The molecule has 0 saturated carbocycles. The van der Waals surface area contributed by atoms with Crippen LogP contribution in [0.25, 0.3) is 0 Å². The molecule has 1 heterocycles. The highest BCUT2D eigenvalue weighted by Gasteiger charge is 2.19. The van der Waals surface area contributed by atoms with E-state index < -0.39 is 0 Å². The molecule has 0 amide bonds. The molecule has 1 aliphatic rings. The normalized spacial score (nSPS) is 14.8. The summed E-state index contributed by atoms with van der Waals surface area (Å²) in [6, 6.07) is 4.47. The van der Waals surface area contributed by atoms with Gasteiger partial charge in [-0.3, -0.25) is 0 Å². The second-order valence-electron chi connectivity index (χ2n) is 5.03. The van der Waals surface area contributed by atoms with Gasteiger partial charge >= 0.3 is 0 Å². The zero-order valence-electron chi connectivity index (χ0n) is 11.5. The maximum atomic E-state index is 6.20. The van der Waals surface area contributed by atoms with Crippen molar-refractivity contribution in [3.63, 3.8) is 0 Å². The topological polar surface area (TPSA) is 21.3 Å². The molecule has 0 bridgehead atoms. The molecule has 2 nitrogen and oxygen atoms in total. The molecule has 1 aromatic rings. The number of halogens is 1. The quantitative estimate of drug-likeness (QED) is 0.768. The van der Waals surface area contributed by atoms with Crippen LogP contribution in [0.5, 0.6) is 5.75 Å². The summed E-state index contributed by atoms with van der Waals surface area (Å²) in [6.07, 6.45) is 5.98. The summed E-state index contributed by atoms with van der Waals surface area (Å²) < 4.78 is 5.76. The molecule has 1 unspecified atom stereocenters. The van der Waals surface area contributed by atoms with E-state index in [0.29, 0.717) is 6.04 Å². The van der Waals surface area contributed by atoms with Crippen molar-refractivity contribution >= 4 is 11.6 Å². The van der Waals surface area contributed by atoms with Gasteiger partial charge in [0, 0.05) is 17.5 Å². The largest absolute Gasteiger partial charge is 0.493 e. The molecule has 0 aromatic heterocycles. The molecule has 2 rings (SSSR count). The standard InChI is InChI=1S/C16H22ClNO/c1-3-5-15(18-7-4-2)11-13-10-14(17)9-12-6-8-19-16(12)13/h3,9-10,15,18H,1,4-8,11H2,2H3. The van der Waals surface area contributed by atoms with Crippen LogP contribution in [0.3, 0.4) is 0 Å². The van der Waals surface area contributed by atoms with E-state index in [1.54, 1.807) is 0 Å². The van der Waals surface area contributed by atoms with E-state index in [4.69, 9.17) is 16.3 Å². The lowest BCUT2D eigenvalue weighted by Gasteiger charge is -2.18. The minimum Gasteiger partial charge on any atom is -0.493 e. The summed E-state index contributed by atoms with van der Waals surface area (Å²) >= 11 is 6.20. The Hall–Kier alpha value is -0.990. The van der Waals surface area contributed by atoms with Crippen LogP contribution in [0.2, 0.25) is 5.02 Å². The zero-order valence-corrected chi connectivity index (χ0v) is 12.3. The summed E-state index contributed by atoms with van der Waals surface area (Å²) in [6.45, 7) is 7.83. The number of ether oxygens (including phenoxy) is 1. The highest BCUT2D eigenvalue weighted by Crippen LogP contribution is 2.33. The van der Waals surface area contributed by atoms with Crippen LogP contribution >= 0.6 is 11.6 Å². The smallest absolute Gasteiger partial charge is 0.125 e. The van der Waals surface area contributed by atoms with Gasteiger partial charge in [-0.15, -0.1) is 6.58 Å². The lowest BCUT2D eigenvalue weighted by molar-refractivity contribution is 0.351. The molecule has 3 heteroatoms. The minimum atomic E-state index is 0.407. The van der Waals surface area contributed by atoms with Gasteiger partial charge < -0.3 is 10.1 Å². The molecule has 0 aliphatic carbocycles. The van der Waals surface area contributed by atoms with Crippen LogP contribution < -0.4 is 10.1 Å². The number of nitrogens with one attached hydrogen (secondary N) is 1. The van der Waals surface area contributed by atoms with Crippen LogP contribution in [-0.4, -0.2) is 19.2 Å². The van der Waals surface area contributed by atoms with Crippen LogP contribution in [0.4, 0.5) is 0 Å². The van der Waals surface area contributed by atoms with E-state index in [-0.39, 0.29) is 0 Å². The Labute approximate surface area is 120 Å². The fourth-order valence-electron chi connectivity index (χ4n) is 2.55. The predicted molar refractivity (Wildman–Crippen MR) is 81.3 cm³/mol. The second kappa shape index (κ2) is 6.97. The first-order chi connectivity index (χ1) is 9.24. The van der Waals surface area contributed by atoms with E-state index in [2.05, 4.69) is 18.8 Å². The molecule has 0 radical (unpaired) electrons. The van der Waals surface area contributed by atoms with Gasteiger partial charge in [-0.05, 0) is 49.1 Å². The van der Waals surface area contributed by atoms with Gasteiger partial charge in [-0.2, -0.15) is 0 Å². The van der Waals surface area contributed by atoms with Crippen molar-refractivity contribution in [2.24, 2.45) is 0 Å². The van der Waals surface area contributed by atoms with Crippen molar-refractivity contribution in [3.05, 3.63) is 40.9 Å². The fourth-order valence-corrected chi connectivity index (χ4v) is 2.82. The van der Waals surface area contributed by atoms with Crippen molar-refractivity contribution in [2.45, 2.75) is 38.6 Å². The van der Waals surface area contributed by atoms with Gasteiger partial charge in [0.05, 0.1) is 6.61 Å². The Morgan fingerprint density at radius 2 is 2.37 bits per heavy atom. The number of fused-ring (bicyclic) bond motifs is 1. The third-order valence-corrected chi connectivity index (χ3v) is 3.64. The fraction of sp³-hybridized carbons (Fsp3) is 0.500. The second-order valence-corrected chi connectivity index (χ2v) is 5.47. The van der Waals surface area contributed by atoms with Gasteiger partial charge in [-0.1, -0.05) is 24.6 Å². The molecule has 1 N–H and O–H groups in total. The van der Waals surface area contributed by atoms with Crippen LogP contribution in [0.15, 0.2) is 24.8 Å². The number of benzene rings is 1. The van der Waals surface area contributed by atoms with Crippen molar-refractivity contribution < 1.29 is 4.74 Å². The molecule has 1 aromatic carbocycles. The average Bonchev–Trinajstić information content (AvgIpc) is 2.84. The summed E-state index contributed by atoms with van der Waals surface area (Å²) in [5, 5.41) is 4.37. The van der Waals surface area contributed by atoms with E-state index in [1.165, 1.54) is 11.1 Å². The Kier molecular flexibility index (Phi) is 5.29. The van der Waals surface area contributed by atoms with Crippen LogP contribution in [0.1, 0.15) is 30.9 Å². The molecule has 0 saturated heterocycles. The Bertz CT molecular complexity index is 445. The SMILES string of the molecule is C=CCC(Cc1cc(Cl)cc2c1OCC2)NCCC. The Morgan fingerprint density at radius 3 is 3.11 bits per heavy atom. The highest BCUT2D eigenvalue weighted by molar-refractivity contribution is 6.30. The van der Waals surface area contributed by atoms with Crippen molar-refractivity contribution in [1.82, 2.24) is 5.32 Å². The van der Waals surface area contributed by atoms with Gasteiger partial charge in [0.15, 0.2) is 0 Å². The molecule has 0 fully saturated rings. The van der Waals surface area contributed by atoms with Gasteiger partial charge in [-0.25, -0.2) is 0 Å². The first-order valence-corrected chi connectivity index (χ1v) is 7.40. The highest BCUT2D eigenvalue weighted by atomic mass is 35.5. The zero-order chi connectivity index (χ0) is 13.7. The van der Waals surface area contributed by atoms with Crippen molar-refractivity contribution in [1.29, 1.82) is 0 Å². The summed E-state index contributed by atoms with van der Waals surface area (Å²) in [4.78, 5) is 0. The predicted octanol–water partition coefficient (Wildman–Crippen LogP) is 3.76. The first kappa shape index (κ1) is 14.4. The monoisotopic (exact) mass is 279 g/mol. The van der Waals surface area contributed by atoms with Crippen molar-refractivity contribution in [3.8, 4) is 5.75 Å². The van der Waals surface area contributed by atoms with E-state index in [9.17, 15) is 0 Å². The van der Waals surface area contributed by atoms with E-state index in [1.807, 2.05) is 18.2 Å². The van der Waals surface area contributed by atoms with Crippen molar-refractivity contribution in [2.75, 3.05) is 13.2 Å². The molecule has 1 aliphatic heterocycles. The van der Waals surface area contributed by atoms with Crippen LogP contribution in [0, 0.1) is 0 Å². The first-order valence-electron chi connectivity index (χ1n) is 7.03. The maximum Gasteiger partial charge on any atom is 0.125 e. The number of hydrogen-bond acceptors (Lipinski definition) is 2. The lowest BCUT2D eigenvalue weighted by Crippen LogP contribution is -2.31. The average molecular weight is 280 g/mol. The molecule has 19 heavy (non-hydrogen) atoms. The van der Waals surface area contributed by atoms with E-state index >= 15 is 0 Å². The van der Waals surface area contributed by atoms with E-state index in [0.717, 1.165) is 49.6 Å². The minimum absolute atomic E-state index is 0.407. The van der Waals surface area contributed by atoms with Gasteiger partial charge in [0.1, 0.15) is 5.75 Å². The molecular weight excluding hydrogens is 258 g/mol. The Balaban J connectivity index is 2.14. The maximum absolute atomic E-state index is 6.20. The number of rotatable bonds is 7. The number of hydrogen-bond donors (Lipinski definition) is 1. The summed E-state index contributed by atoms with van der Waals surface area (Å²) in [5.74, 6) is 1.05. The van der Waals surface area contributed by atoms with Crippen LogP contribution in [-0.2, 0) is 12.8 Å². The lowest BCUT2D eigenvalue weighted by atomic mass is 9.99. The molecule has 104 valence electrons. The third-order valence-electron chi connectivity index (χ3n) is 3.43. The summed E-state index contributed by atoms with van der Waals surface area (Å²) in [5.41, 5.74) is 2.46. The van der Waals surface area contributed by atoms with Gasteiger partial charge in [0.25, 0.3) is 0 Å². The molecular formula is C16H22ClNO. The third kappa shape index (κ3) is 3.74. The van der Waals surface area contributed by atoms with Gasteiger partial charge in [0.2, 0.25) is 0 Å². The Morgan fingerprint density at radius 1 is 1.53 bits per heavy atom. The molecule has 1 atom stereocenters. The summed E-state index contributed by atoms with van der Waals surface area (Å²) in [7, 11) is 0.